The van der Waals surface area contributed by atoms with Gasteiger partial charge >= 0.3 is 17.9 Å². The lowest BCUT2D eigenvalue weighted by Gasteiger charge is -2.18. The summed E-state index contributed by atoms with van der Waals surface area (Å²) in [7, 11) is 0. The fraction of sp³-hybridized carbons (Fsp3) is 0.642. The van der Waals surface area contributed by atoms with E-state index in [0.717, 1.165) is 96.3 Å². The van der Waals surface area contributed by atoms with E-state index in [1.807, 2.05) is 6.08 Å². The quantitative estimate of drug-likeness (QED) is 0.0201. The zero-order valence-electron chi connectivity index (χ0n) is 38.0. The molecule has 0 spiro atoms. The minimum atomic E-state index is -0.831. The summed E-state index contributed by atoms with van der Waals surface area (Å²) in [5.41, 5.74) is 0. The van der Waals surface area contributed by atoms with Crippen LogP contribution in [0.1, 0.15) is 201 Å². The molecule has 0 aromatic rings. The zero-order valence-corrected chi connectivity index (χ0v) is 38.0. The van der Waals surface area contributed by atoms with Gasteiger partial charge in [0.2, 0.25) is 0 Å². The Balaban J connectivity index is 4.48. The predicted octanol–water partition coefficient (Wildman–Crippen LogP) is 15.4. The van der Waals surface area contributed by atoms with Crippen molar-refractivity contribution in [2.45, 2.75) is 207 Å². The Morgan fingerprint density at radius 2 is 0.780 bits per heavy atom. The average molecular weight is 819 g/mol. The Morgan fingerprint density at radius 1 is 0.390 bits per heavy atom. The van der Waals surface area contributed by atoms with Gasteiger partial charge in [-0.3, -0.25) is 14.4 Å². The van der Waals surface area contributed by atoms with Crippen LogP contribution in [-0.4, -0.2) is 37.2 Å². The van der Waals surface area contributed by atoms with Crippen molar-refractivity contribution in [1.29, 1.82) is 0 Å². The van der Waals surface area contributed by atoms with Gasteiger partial charge in [-0.2, -0.15) is 0 Å². The Labute approximate surface area is 362 Å². The fourth-order valence-corrected chi connectivity index (χ4v) is 6.09. The summed E-state index contributed by atoms with van der Waals surface area (Å²) < 4.78 is 16.6. The van der Waals surface area contributed by atoms with Crippen LogP contribution in [0, 0.1) is 0 Å². The van der Waals surface area contributed by atoms with Gasteiger partial charge in [-0.15, -0.1) is 0 Å². The molecule has 0 amide bonds. The maximum Gasteiger partial charge on any atom is 0.309 e. The number of carbonyl (C=O) groups is 3. The smallest absolute Gasteiger partial charge is 0.309 e. The van der Waals surface area contributed by atoms with Gasteiger partial charge in [-0.1, -0.05) is 189 Å². The molecule has 6 heteroatoms. The SMILES string of the molecule is CC/C=C\C/C=C\C/C=C\CCCCCCCCC(=O)OCC(COC(=O)C/C=C\C/C=C\C/C=C\CC)OC(=O)CCCCC/C=C\C=C/CCCCCCCCC. The number of esters is 3. The van der Waals surface area contributed by atoms with Gasteiger partial charge in [0.05, 0.1) is 6.42 Å². The number of allylic oxidation sites excluding steroid dienone is 15. The zero-order chi connectivity index (χ0) is 43.0. The van der Waals surface area contributed by atoms with Crippen molar-refractivity contribution < 1.29 is 28.6 Å². The summed E-state index contributed by atoms with van der Waals surface area (Å²) >= 11 is 0. The third kappa shape index (κ3) is 45.3. The first-order valence-electron chi connectivity index (χ1n) is 23.8. The highest BCUT2D eigenvalue weighted by Crippen LogP contribution is 2.12. The predicted molar refractivity (Wildman–Crippen MR) is 251 cm³/mol. The van der Waals surface area contributed by atoms with Crippen LogP contribution in [0.3, 0.4) is 0 Å². The van der Waals surface area contributed by atoms with E-state index in [1.165, 1.54) is 57.8 Å². The first kappa shape index (κ1) is 55.3. The van der Waals surface area contributed by atoms with E-state index in [1.54, 1.807) is 6.08 Å². The van der Waals surface area contributed by atoms with Crippen molar-refractivity contribution in [2.75, 3.05) is 13.2 Å². The number of rotatable bonds is 41. The standard InChI is InChI=1S/C53H86O6/c1-4-7-10-13-16-19-21-23-25-27-29-31-34-37-40-43-46-52(55)58-49-50(48-57-51(54)45-42-39-36-33-18-15-12-9-6-3)59-53(56)47-44-41-38-35-32-30-28-26-24-22-20-17-14-11-8-5-2/h7,9-10,12,16,18-19,23,25-26,28,30,32-33,39,42,50H,4-6,8,11,13-15,17,20-22,24,27,29,31,34-38,40-41,43-49H2,1-3H3/b10-7-,12-9-,19-16-,25-23-,28-26-,32-30-,33-18-,42-39-. The van der Waals surface area contributed by atoms with Gasteiger partial charge in [0.1, 0.15) is 13.2 Å². The summed E-state index contributed by atoms with van der Waals surface area (Å²) in [5.74, 6) is -1.10. The van der Waals surface area contributed by atoms with E-state index in [0.29, 0.717) is 12.8 Å². The molecule has 6 nitrogen and oxygen atoms in total. The van der Waals surface area contributed by atoms with Crippen LogP contribution >= 0.6 is 0 Å². The van der Waals surface area contributed by atoms with Crippen molar-refractivity contribution in [2.24, 2.45) is 0 Å². The average Bonchev–Trinajstić information content (AvgIpc) is 3.23. The van der Waals surface area contributed by atoms with E-state index in [-0.39, 0.29) is 38.0 Å². The maximum atomic E-state index is 12.7. The molecule has 334 valence electrons. The van der Waals surface area contributed by atoms with E-state index >= 15 is 0 Å². The second-order valence-corrected chi connectivity index (χ2v) is 15.3. The summed E-state index contributed by atoms with van der Waals surface area (Å²) in [6.45, 7) is 6.25. The molecule has 0 bridgehead atoms. The summed E-state index contributed by atoms with van der Waals surface area (Å²) in [6.07, 6.45) is 61.4. The topological polar surface area (TPSA) is 78.9 Å². The molecule has 0 aliphatic rings. The highest BCUT2D eigenvalue weighted by atomic mass is 16.6. The first-order chi connectivity index (χ1) is 29.0. The van der Waals surface area contributed by atoms with Crippen molar-refractivity contribution in [3.8, 4) is 0 Å². The summed E-state index contributed by atoms with van der Waals surface area (Å²) in [4.78, 5) is 37.7. The lowest BCUT2D eigenvalue weighted by molar-refractivity contribution is -0.166. The van der Waals surface area contributed by atoms with Crippen LogP contribution in [-0.2, 0) is 28.6 Å². The first-order valence-corrected chi connectivity index (χ1v) is 23.8. The third-order valence-corrected chi connectivity index (χ3v) is 9.61. The highest BCUT2D eigenvalue weighted by molar-refractivity contribution is 5.72. The molecule has 0 aromatic heterocycles. The van der Waals surface area contributed by atoms with Crippen molar-refractivity contribution in [1.82, 2.24) is 0 Å². The molecule has 0 rings (SSSR count). The number of unbranched alkanes of at least 4 members (excludes halogenated alkanes) is 16. The molecule has 0 N–H and O–H groups in total. The molecule has 0 aromatic carbocycles. The number of hydrogen-bond acceptors (Lipinski definition) is 6. The largest absolute Gasteiger partial charge is 0.462 e. The number of ether oxygens (including phenoxy) is 3. The molecule has 0 fully saturated rings. The minimum Gasteiger partial charge on any atom is -0.462 e. The lowest BCUT2D eigenvalue weighted by atomic mass is 10.1. The van der Waals surface area contributed by atoms with Gasteiger partial charge in [0.15, 0.2) is 6.10 Å². The number of carbonyl (C=O) groups excluding carboxylic acids is 3. The molecule has 0 saturated carbocycles. The second kappa shape index (κ2) is 47.0. The number of hydrogen-bond donors (Lipinski definition) is 0. The van der Waals surface area contributed by atoms with Crippen molar-refractivity contribution >= 4 is 17.9 Å². The van der Waals surface area contributed by atoms with Gasteiger partial charge in [0.25, 0.3) is 0 Å². The summed E-state index contributed by atoms with van der Waals surface area (Å²) in [5, 5.41) is 0. The van der Waals surface area contributed by atoms with Crippen LogP contribution in [0.25, 0.3) is 0 Å². The van der Waals surface area contributed by atoms with Crippen molar-refractivity contribution in [3.63, 3.8) is 0 Å². The van der Waals surface area contributed by atoms with E-state index in [9.17, 15) is 14.4 Å². The van der Waals surface area contributed by atoms with Crippen LogP contribution in [0.15, 0.2) is 97.2 Å². The Bertz CT molecular complexity index is 1220. The lowest BCUT2D eigenvalue weighted by Crippen LogP contribution is -2.30. The van der Waals surface area contributed by atoms with Gasteiger partial charge in [0, 0.05) is 12.8 Å². The molecule has 59 heavy (non-hydrogen) atoms. The molecule has 0 radical (unpaired) electrons. The molecular weight excluding hydrogens is 733 g/mol. The van der Waals surface area contributed by atoms with Gasteiger partial charge in [-0.25, -0.2) is 0 Å². The second-order valence-electron chi connectivity index (χ2n) is 15.3. The van der Waals surface area contributed by atoms with Gasteiger partial charge < -0.3 is 14.2 Å². The van der Waals surface area contributed by atoms with Crippen LogP contribution in [0.2, 0.25) is 0 Å². The molecule has 0 aliphatic carbocycles. The molecule has 1 unspecified atom stereocenters. The molecule has 0 saturated heterocycles. The fourth-order valence-electron chi connectivity index (χ4n) is 6.09. The van der Waals surface area contributed by atoms with Crippen LogP contribution in [0.5, 0.6) is 0 Å². The van der Waals surface area contributed by atoms with Crippen LogP contribution in [0.4, 0.5) is 0 Å². The van der Waals surface area contributed by atoms with Crippen molar-refractivity contribution in [3.05, 3.63) is 97.2 Å². The maximum absolute atomic E-state index is 12.7. The third-order valence-electron chi connectivity index (χ3n) is 9.61. The Kier molecular flexibility index (Phi) is 44.1. The van der Waals surface area contributed by atoms with Crippen LogP contribution < -0.4 is 0 Å². The molecule has 0 heterocycles. The molecule has 1 atom stereocenters. The van der Waals surface area contributed by atoms with Gasteiger partial charge in [-0.05, 0) is 89.9 Å². The molecular formula is C53H86O6. The Hall–Kier alpha value is -3.67. The van der Waals surface area contributed by atoms with E-state index in [4.69, 9.17) is 14.2 Å². The monoisotopic (exact) mass is 819 g/mol. The van der Waals surface area contributed by atoms with E-state index in [2.05, 4.69) is 106 Å². The Morgan fingerprint density at radius 3 is 1.31 bits per heavy atom. The highest BCUT2D eigenvalue weighted by Gasteiger charge is 2.19. The van der Waals surface area contributed by atoms with E-state index < -0.39 is 12.1 Å². The summed E-state index contributed by atoms with van der Waals surface area (Å²) in [6, 6.07) is 0. The molecule has 0 aliphatic heterocycles. The normalized spacial score (nSPS) is 12.9. The minimum absolute atomic E-state index is 0.124.